The Balaban J connectivity index is 1.37. The maximum atomic E-state index is 13.9. The largest absolute Gasteiger partial charge is 0.363 e. The molecule has 2 N–H and O–H groups in total. The molecule has 0 radical (unpaired) electrons. The Labute approximate surface area is 208 Å². The zero-order valence-electron chi connectivity index (χ0n) is 19.7. The molecule has 0 aliphatic carbocycles. The molecule has 0 bridgehead atoms. The molecule has 5 rings (SSSR count). The van der Waals surface area contributed by atoms with Crippen LogP contribution in [0.4, 0.5) is 20.3 Å². The number of halogens is 2. The van der Waals surface area contributed by atoms with Crippen LogP contribution >= 0.6 is 0 Å². The van der Waals surface area contributed by atoms with E-state index >= 15 is 0 Å². The molecule has 2 atom stereocenters. The fraction of sp³-hybridized carbons (Fsp3) is 0.360. The summed E-state index contributed by atoms with van der Waals surface area (Å²) in [6.45, 7) is 2.96. The number of nitrogens with one attached hydrogen (secondary N) is 2. The minimum atomic E-state index is -3.56. The molecular formula is C25H27F2N5O3S. The minimum Gasteiger partial charge on any atom is -0.363 e. The van der Waals surface area contributed by atoms with Crippen LogP contribution < -0.4 is 10.6 Å². The average Bonchev–Trinajstić information content (AvgIpc) is 3.55. The average molecular weight is 516 g/mol. The van der Waals surface area contributed by atoms with Crippen LogP contribution in [0, 0.1) is 6.92 Å². The summed E-state index contributed by atoms with van der Waals surface area (Å²) in [5.41, 5.74) is 2.42. The Morgan fingerprint density at radius 2 is 1.75 bits per heavy atom. The standard InChI is InChI=1S/C25H27F2N5O3S/c1-16-4-6-17(7-5-16)21-14-22(23(26)27)32-24(30-21)20(15-28-32)25(33)29-18-8-10-19(11-9-18)36(34,35)31-12-2-3-13-31/h4-11,15,21-23,30H,2-3,12-14H2,1H3,(H,29,33)/t21-,22+/m0/s1. The van der Waals surface area contributed by atoms with E-state index in [0.29, 0.717) is 18.8 Å². The molecule has 11 heteroatoms. The molecule has 8 nitrogen and oxygen atoms in total. The first-order chi connectivity index (χ1) is 17.2. The van der Waals surface area contributed by atoms with Crippen molar-refractivity contribution < 1.29 is 22.0 Å². The van der Waals surface area contributed by atoms with Crippen molar-refractivity contribution in [3.05, 3.63) is 71.4 Å². The number of carbonyl (C=O) groups is 1. The summed E-state index contributed by atoms with van der Waals surface area (Å²) < 4.78 is 55.9. The highest BCUT2D eigenvalue weighted by molar-refractivity contribution is 7.89. The lowest BCUT2D eigenvalue weighted by molar-refractivity contribution is 0.0657. The lowest BCUT2D eigenvalue weighted by atomic mass is 9.96. The Kier molecular flexibility index (Phi) is 6.52. The molecule has 2 aliphatic rings. The molecular weight excluding hydrogens is 488 g/mol. The molecule has 0 spiro atoms. The molecule has 0 saturated carbocycles. The van der Waals surface area contributed by atoms with E-state index in [9.17, 15) is 22.0 Å². The SMILES string of the molecule is Cc1ccc([C@@H]2C[C@H](C(F)F)n3ncc(C(=O)Nc4ccc(S(=O)(=O)N5CCCC5)cc4)c3N2)cc1. The number of alkyl halides is 2. The van der Waals surface area contributed by atoms with Crippen LogP contribution in [0.2, 0.25) is 0 Å². The number of sulfonamides is 1. The molecule has 1 fully saturated rings. The van der Waals surface area contributed by atoms with Gasteiger partial charge in [-0.05, 0) is 56.0 Å². The van der Waals surface area contributed by atoms with Crippen LogP contribution in [-0.2, 0) is 10.0 Å². The van der Waals surface area contributed by atoms with E-state index < -0.39 is 34.4 Å². The third kappa shape index (κ3) is 4.60. The van der Waals surface area contributed by atoms with Gasteiger partial charge < -0.3 is 10.6 Å². The summed E-state index contributed by atoms with van der Waals surface area (Å²) in [7, 11) is -3.56. The zero-order valence-corrected chi connectivity index (χ0v) is 20.5. The number of hydrogen-bond donors (Lipinski definition) is 2. The first-order valence-electron chi connectivity index (χ1n) is 11.8. The topological polar surface area (TPSA) is 96.3 Å². The van der Waals surface area contributed by atoms with Crippen LogP contribution in [0.15, 0.2) is 59.6 Å². The fourth-order valence-electron chi connectivity index (χ4n) is 4.70. The number of nitrogens with zero attached hydrogens (tertiary/aromatic N) is 3. The number of aromatic nitrogens is 2. The van der Waals surface area contributed by atoms with Crippen molar-refractivity contribution in [2.75, 3.05) is 23.7 Å². The zero-order chi connectivity index (χ0) is 25.4. The molecule has 190 valence electrons. The van der Waals surface area contributed by atoms with E-state index in [2.05, 4.69) is 15.7 Å². The van der Waals surface area contributed by atoms with Gasteiger partial charge in [0.05, 0.1) is 17.1 Å². The first-order valence-corrected chi connectivity index (χ1v) is 13.3. The maximum absolute atomic E-state index is 13.9. The van der Waals surface area contributed by atoms with Crippen molar-refractivity contribution in [2.45, 2.75) is 49.6 Å². The molecule has 2 aliphatic heterocycles. The molecule has 1 aromatic heterocycles. The molecule has 1 saturated heterocycles. The Morgan fingerprint density at radius 1 is 1.08 bits per heavy atom. The third-order valence-corrected chi connectivity index (χ3v) is 8.64. The monoisotopic (exact) mass is 515 g/mol. The van der Waals surface area contributed by atoms with Gasteiger partial charge in [-0.15, -0.1) is 0 Å². The van der Waals surface area contributed by atoms with E-state index in [1.165, 1.54) is 39.4 Å². The van der Waals surface area contributed by atoms with Crippen molar-refractivity contribution in [1.29, 1.82) is 0 Å². The van der Waals surface area contributed by atoms with Gasteiger partial charge in [0.25, 0.3) is 12.3 Å². The second kappa shape index (κ2) is 9.62. The van der Waals surface area contributed by atoms with Gasteiger partial charge in [0.15, 0.2) is 0 Å². The second-order valence-corrected chi connectivity index (χ2v) is 11.1. The number of amides is 1. The quantitative estimate of drug-likeness (QED) is 0.501. The highest BCUT2D eigenvalue weighted by Gasteiger charge is 2.36. The number of carbonyl (C=O) groups excluding carboxylic acids is 1. The summed E-state index contributed by atoms with van der Waals surface area (Å²) >= 11 is 0. The normalized spacial score (nSPS) is 20.2. The second-order valence-electron chi connectivity index (χ2n) is 9.19. The van der Waals surface area contributed by atoms with Gasteiger partial charge in [-0.1, -0.05) is 29.8 Å². The molecule has 3 aromatic rings. The van der Waals surface area contributed by atoms with E-state index in [4.69, 9.17) is 0 Å². The minimum absolute atomic E-state index is 0.128. The predicted octanol–water partition coefficient (Wildman–Crippen LogP) is 4.59. The van der Waals surface area contributed by atoms with Crippen molar-refractivity contribution in [3.8, 4) is 0 Å². The van der Waals surface area contributed by atoms with Crippen LogP contribution in [0.5, 0.6) is 0 Å². The fourth-order valence-corrected chi connectivity index (χ4v) is 6.22. The molecule has 0 unspecified atom stereocenters. The summed E-state index contributed by atoms with van der Waals surface area (Å²) in [6, 6.07) is 12.0. The van der Waals surface area contributed by atoms with E-state index in [0.717, 1.165) is 24.0 Å². The van der Waals surface area contributed by atoms with E-state index in [1.807, 2.05) is 31.2 Å². The molecule has 3 heterocycles. The van der Waals surface area contributed by atoms with Crippen molar-refractivity contribution in [3.63, 3.8) is 0 Å². The lowest BCUT2D eigenvalue weighted by Crippen LogP contribution is -2.31. The van der Waals surface area contributed by atoms with Gasteiger partial charge in [-0.2, -0.15) is 9.40 Å². The van der Waals surface area contributed by atoms with Gasteiger partial charge in [0.1, 0.15) is 17.4 Å². The van der Waals surface area contributed by atoms with Crippen LogP contribution in [0.25, 0.3) is 0 Å². The van der Waals surface area contributed by atoms with Crippen LogP contribution in [0.3, 0.4) is 0 Å². The molecule has 1 amide bonds. The number of hydrogen-bond acceptors (Lipinski definition) is 5. The Hall–Kier alpha value is -3.31. The Bertz CT molecular complexity index is 1350. The highest BCUT2D eigenvalue weighted by Crippen LogP contribution is 2.39. The number of anilines is 2. The summed E-state index contributed by atoms with van der Waals surface area (Å²) in [5.74, 6) is -0.306. The smallest absolute Gasteiger partial charge is 0.261 e. The Morgan fingerprint density at radius 3 is 2.39 bits per heavy atom. The highest BCUT2D eigenvalue weighted by atomic mass is 32.2. The maximum Gasteiger partial charge on any atom is 0.261 e. The summed E-state index contributed by atoms with van der Waals surface area (Å²) in [6.07, 6.45) is 0.434. The third-order valence-electron chi connectivity index (χ3n) is 6.73. The molecule has 36 heavy (non-hydrogen) atoms. The molecule has 2 aromatic carbocycles. The van der Waals surface area contributed by atoms with Gasteiger partial charge >= 0.3 is 0 Å². The lowest BCUT2D eigenvalue weighted by Gasteiger charge is -2.32. The van der Waals surface area contributed by atoms with Crippen LogP contribution in [-0.4, -0.2) is 47.9 Å². The van der Waals surface area contributed by atoms with Gasteiger partial charge in [0, 0.05) is 18.8 Å². The van der Waals surface area contributed by atoms with Gasteiger partial charge in [0.2, 0.25) is 10.0 Å². The van der Waals surface area contributed by atoms with E-state index in [1.54, 1.807) is 0 Å². The van der Waals surface area contributed by atoms with Crippen molar-refractivity contribution in [1.82, 2.24) is 14.1 Å². The number of fused-ring (bicyclic) bond motifs is 1. The van der Waals surface area contributed by atoms with Crippen molar-refractivity contribution in [2.24, 2.45) is 0 Å². The van der Waals surface area contributed by atoms with E-state index in [-0.39, 0.29) is 22.7 Å². The number of aryl methyl sites for hydroxylation is 1. The first kappa shape index (κ1) is 24.4. The van der Waals surface area contributed by atoms with Gasteiger partial charge in [-0.3, -0.25) is 4.79 Å². The summed E-state index contributed by atoms with van der Waals surface area (Å²) in [4.78, 5) is 13.2. The predicted molar refractivity (Wildman–Crippen MR) is 132 cm³/mol. The number of rotatable bonds is 6. The van der Waals surface area contributed by atoms with Crippen molar-refractivity contribution >= 4 is 27.4 Å². The summed E-state index contributed by atoms with van der Waals surface area (Å²) in [5, 5.41) is 10.0. The number of benzene rings is 2. The van der Waals surface area contributed by atoms with Crippen LogP contribution in [0.1, 0.15) is 52.8 Å². The van der Waals surface area contributed by atoms with Gasteiger partial charge in [-0.25, -0.2) is 21.9 Å².